The topological polar surface area (TPSA) is 53.1 Å². The van der Waals surface area contributed by atoms with Gasteiger partial charge in [-0.15, -0.1) is 0 Å². The van der Waals surface area contributed by atoms with Crippen LogP contribution in [0.2, 0.25) is 0 Å². The number of hydrogen-bond donors (Lipinski definition) is 1. The van der Waals surface area contributed by atoms with Crippen LogP contribution in [0.1, 0.15) is 26.2 Å². The quantitative estimate of drug-likeness (QED) is 0.921. The zero-order chi connectivity index (χ0) is 13.4. The summed E-state index contributed by atoms with van der Waals surface area (Å²) < 4.78 is 7.49. The van der Waals surface area contributed by atoms with Crippen molar-refractivity contribution < 1.29 is 4.74 Å². The highest BCUT2D eigenvalue weighted by Crippen LogP contribution is 2.34. The molecule has 2 atom stereocenters. The lowest BCUT2D eigenvalue weighted by Gasteiger charge is -2.13. The van der Waals surface area contributed by atoms with E-state index in [-0.39, 0.29) is 0 Å². The highest BCUT2D eigenvalue weighted by Gasteiger charge is 2.23. The summed E-state index contributed by atoms with van der Waals surface area (Å²) >= 11 is 0. The molecule has 1 heterocycles. The summed E-state index contributed by atoms with van der Waals surface area (Å²) in [5.74, 6) is 2.96. The number of hydrogen-bond acceptors (Lipinski definition) is 3. The highest BCUT2D eigenvalue weighted by molar-refractivity contribution is 5.84. The second kappa shape index (κ2) is 4.76. The summed E-state index contributed by atoms with van der Waals surface area (Å²) in [6, 6.07) is 5.99. The van der Waals surface area contributed by atoms with Gasteiger partial charge in [-0.3, -0.25) is 0 Å². The predicted molar refractivity (Wildman–Crippen MR) is 77.2 cm³/mol. The highest BCUT2D eigenvalue weighted by atomic mass is 16.5. The Hall–Kier alpha value is -1.71. The van der Waals surface area contributed by atoms with Gasteiger partial charge in [-0.2, -0.15) is 0 Å². The van der Waals surface area contributed by atoms with Gasteiger partial charge in [0, 0.05) is 6.54 Å². The number of para-hydroxylation sites is 1. The number of aromatic nitrogens is 2. The number of fused-ring (bicyclic) bond motifs is 1. The first-order valence-electron chi connectivity index (χ1n) is 6.97. The van der Waals surface area contributed by atoms with E-state index in [9.17, 15) is 0 Å². The molecular formula is C15H21N3O. The third-order valence-electron chi connectivity index (χ3n) is 4.24. The third-order valence-corrected chi connectivity index (χ3v) is 4.24. The smallest absolute Gasteiger partial charge is 0.201 e. The maximum absolute atomic E-state index is 6.09. The fourth-order valence-corrected chi connectivity index (χ4v) is 3.24. The molecule has 2 unspecified atom stereocenters. The largest absolute Gasteiger partial charge is 0.494 e. The minimum Gasteiger partial charge on any atom is -0.494 e. The van der Waals surface area contributed by atoms with Gasteiger partial charge in [-0.1, -0.05) is 19.4 Å². The Bertz CT molecular complexity index is 590. The molecule has 0 bridgehead atoms. The van der Waals surface area contributed by atoms with Crippen molar-refractivity contribution in [2.75, 3.05) is 12.8 Å². The van der Waals surface area contributed by atoms with E-state index < -0.39 is 0 Å². The van der Waals surface area contributed by atoms with E-state index in [1.54, 1.807) is 7.11 Å². The monoisotopic (exact) mass is 259 g/mol. The zero-order valence-corrected chi connectivity index (χ0v) is 11.6. The van der Waals surface area contributed by atoms with E-state index >= 15 is 0 Å². The fraction of sp³-hybridized carbons (Fsp3) is 0.533. The van der Waals surface area contributed by atoms with Crippen molar-refractivity contribution in [3.63, 3.8) is 0 Å². The second-order valence-electron chi connectivity index (χ2n) is 5.69. The number of nitrogens with two attached hydrogens (primary N) is 1. The number of imidazole rings is 1. The molecule has 1 aromatic carbocycles. The van der Waals surface area contributed by atoms with E-state index in [1.807, 2.05) is 12.1 Å². The lowest BCUT2D eigenvalue weighted by molar-refractivity contribution is 0.419. The summed E-state index contributed by atoms with van der Waals surface area (Å²) in [6.07, 6.45) is 3.92. The van der Waals surface area contributed by atoms with Gasteiger partial charge in [0.25, 0.3) is 0 Å². The lowest BCUT2D eigenvalue weighted by Crippen LogP contribution is -2.10. The molecule has 0 saturated heterocycles. The van der Waals surface area contributed by atoms with Crippen LogP contribution < -0.4 is 10.5 Å². The first-order chi connectivity index (χ1) is 9.19. The number of rotatable bonds is 3. The number of nitrogen functional groups attached to an aromatic ring is 1. The fourth-order valence-electron chi connectivity index (χ4n) is 3.24. The van der Waals surface area contributed by atoms with Crippen LogP contribution in [0.5, 0.6) is 5.75 Å². The van der Waals surface area contributed by atoms with Crippen molar-refractivity contribution >= 4 is 17.0 Å². The molecule has 4 nitrogen and oxygen atoms in total. The van der Waals surface area contributed by atoms with E-state index in [0.29, 0.717) is 5.95 Å². The number of anilines is 1. The molecule has 102 valence electrons. The van der Waals surface area contributed by atoms with Gasteiger partial charge in [-0.25, -0.2) is 4.98 Å². The predicted octanol–water partition coefficient (Wildman–Crippen LogP) is 3.06. The van der Waals surface area contributed by atoms with Crippen LogP contribution in [-0.4, -0.2) is 16.7 Å². The van der Waals surface area contributed by atoms with Crippen molar-refractivity contribution in [1.29, 1.82) is 0 Å². The Labute approximate surface area is 113 Å². The molecule has 4 heteroatoms. The van der Waals surface area contributed by atoms with Gasteiger partial charge in [0.15, 0.2) is 0 Å². The Morgan fingerprint density at radius 2 is 2.26 bits per heavy atom. The van der Waals surface area contributed by atoms with Gasteiger partial charge < -0.3 is 15.0 Å². The molecule has 0 spiro atoms. The lowest BCUT2D eigenvalue weighted by atomic mass is 10.1. The molecule has 0 amide bonds. The SMILES string of the molecule is COc1cccc2c1nc(N)n2CC1CCC(C)C1. The second-order valence-corrected chi connectivity index (χ2v) is 5.69. The number of methoxy groups -OCH3 is 1. The van der Waals surface area contributed by atoms with Crippen LogP contribution in [-0.2, 0) is 6.54 Å². The van der Waals surface area contributed by atoms with Crippen LogP contribution in [0.3, 0.4) is 0 Å². The average molecular weight is 259 g/mol. The molecule has 1 fully saturated rings. The molecule has 1 aliphatic carbocycles. The normalized spacial score (nSPS) is 23.1. The molecule has 0 aliphatic heterocycles. The summed E-state index contributed by atoms with van der Waals surface area (Å²) in [7, 11) is 1.67. The van der Waals surface area contributed by atoms with Crippen molar-refractivity contribution in [1.82, 2.24) is 9.55 Å². The molecule has 2 aromatic rings. The minimum atomic E-state index is 0.596. The molecule has 3 rings (SSSR count). The van der Waals surface area contributed by atoms with Gasteiger partial charge in [0.1, 0.15) is 11.3 Å². The molecule has 1 aliphatic rings. The van der Waals surface area contributed by atoms with Crippen molar-refractivity contribution in [2.45, 2.75) is 32.7 Å². The molecule has 1 saturated carbocycles. The average Bonchev–Trinajstić information content (AvgIpc) is 2.94. The van der Waals surface area contributed by atoms with Crippen LogP contribution in [0.4, 0.5) is 5.95 Å². The molecular weight excluding hydrogens is 238 g/mol. The van der Waals surface area contributed by atoms with E-state index in [1.165, 1.54) is 19.3 Å². The minimum absolute atomic E-state index is 0.596. The summed E-state index contributed by atoms with van der Waals surface area (Å²) in [5.41, 5.74) is 8.04. The maximum Gasteiger partial charge on any atom is 0.201 e. The zero-order valence-electron chi connectivity index (χ0n) is 11.6. The van der Waals surface area contributed by atoms with Gasteiger partial charge in [0.2, 0.25) is 5.95 Å². The van der Waals surface area contributed by atoms with Crippen LogP contribution in [0.25, 0.3) is 11.0 Å². The Balaban J connectivity index is 1.97. The number of ether oxygens (including phenoxy) is 1. The molecule has 19 heavy (non-hydrogen) atoms. The Morgan fingerprint density at radius 1 is 1.42 bits per heavy atom. The first kappa shape index (κ1) is 12.3. The van der Waals surface area contributed by atoms with Gasteiger partial charge in [-0.05, 0) is 36.8 Å². The maximum atomic E-state index is 6.09. The third kappa shape index (κ3) is 2.15. The molecule has 1 aromatic heterocycles. The van der Waals surface area contributed by atoms with Gasteiger partial charge in [0.05, 0.1) is 12.6 Å². The number of nitrogens with zero attached hydrogens (tertiary/aromatic N) is 2. The van der Waals surface area contributed by atoms with Crippen molar-refractivity contribution in [3.05, 3.63) is 18.2 Å². The Kier molecular flexibility index (Phi) is 3.09. The summed E-state index contributed by atoms with van der Waals surface area (Å²) in [4.78, 5) is 4.46. The van der Waals surface area contributed by atoms with Gasteiger partial charge >= 0.3 is 0 Å². The summed E-state index contributed by atoms with van der Waals surface area (Å²) in [5, 5.41) is 0. The van der Waals surface area contributed by atoms with Crippen LogP contribution >= 0.6 is 0 Å². The van der Waals surface area contributed by atoms with E-state index in [2.05, 4.69) is 22.5 Å². The molecule has 2 N–H and O–H groups in total. The number of benzene rings is 1. The van der Waals surface area contributed by atoms with E-state index in [0.717, 1.165) is 35.2 Å². The molecule has 0 radical (unpaired) electrons. The van der Waals surface area contributed by atoms with Crippen LogP contribution in [0, 0.1) is 11.8 Å². The van der Waals surface area contributed by atoms with Crippen LogP contribution in [0.15, 0.2) is 18.2 Å². The van der Waals surface area contributed by atoms with Crippen molar-refractivity contribution in [2.24, 2.45) is 11.8 Å². The first-order valence-corrected chi connectivity index (χ1v) is 6.97. The Morgan fingerprint density at radius 3 is 2.95 bits per heavy atom. The van der Waals surface area contributed by atoms with Crippen molar-refractivity contribution in [3.8, 4) is 5.75 Å². The standard InChI is InChI=1S/C15H21N3O/c1-10-6-7-11(8-10)9-18-12-4-3-5-13(19-2)14(12)17-15(18)16/h3-5,10-11H,6-9H2,1-2H3,(H2,16,17). The summed E-state index contributed by atoms with van der Waals surface area (Å²) in [6.45, 7) is 3.30. The van der Waals surface area contributed by atoms with E-state index in [4.69, 9.17) is 10.5 Å².